The summed E-state index contributed by atoms with van der Waals surface area (Å²) in [7, 11) is 0. The molecule has 3 heteroatoms. The average molecular weight is 247 g/mol. The Balaban J connectivity index is 1.93. The van der Waals surface area contributed by atoms with Gasteiger partial charge in [-0.05, 0) is 55.8 Å². The fourth-order valence-corrected chi connectivity index (χ4v) is 2.60. The summed E-state index contributed by atoms with van der Waals surface area (Å²) in [4.78, 5) is 10.5. The molecule has 0 radical (unpaired) electrons. The van der Waals surface area contributed by atoms with Gasteiger partial charge in [-0.3, -0.25) is 4.79 Å². The number of benzene rings is 1. The number of hydrogen-bond donors (Lipinski definition) is 2. The molecule has 1 aliphatic heterocycles. The van der Waals surface area contributed by atoms with Crippen molar-refractivity contribution in [2.24, 2.45) is 0 Å². The molecule has 0 aromatic heterocycles. The molecule has 1 aliphatic rings. The summed E-state index contributed by atoms with van der Waals surface area (Å²) < 4.78 is 0. The number of hydrogen-bond acceptors (Lipinski definition) is 2. The van der Waals surface area contributed by atoms with Gasteiger partial charge >= 0.3 is 5.97 Å². The van der Waals surface area contributed by atoms with Crippen LogP contribution in [0.25, 0.3) is 0 Å². The van der Waals surface area contributed by atoms with Crippen molar-refractivity contribution in [1.29, 1.82) is 0 Å². The molecular formula is C15H21NO2. The van der Waals surface area contributed by atoms with Gasteiger partial charge in [0, 0.05) is 6.42 Å². The third-order valence-electron chi connectivity index (χ3n) is 3.62. The molecule has 1 heterocycles. The van der Waals surface area contributed by atoms with Crippen LogP contribution in [-0.2, 0) is 11.2 Å². The van der Waals surface area contributed by atoms with Crippen LogP contribution in [0.15, 0.2) is 24.3 Å². The summed E-state index contributed by atoms with van der Waals surface area (Å²) in [6.45, 7) is 2.21. The number of carboxylic acids is 1. The van der Waals surface area contributed by atoms with Crippen molar-refractivity contribution in [3.8, 4) is 0 Å². The van der Waals surface area contributed by atoms with E-state index < -0.39 is 5.97 Å². The van der Waals surface area contributed by atoms with E-state index >= 15 is 0 Å². The molecule has 0 saturated carbocycles. The van der Waals surface area contributed by atoms with Gasteiger partial charge in [0.15, 0.2) is 0 Å². The average Bonchev–Trinajstić information content (AvgIpc) is 2.40. The van der Waals surface area contributed by atoms with Crippen molar-refractivity contribution in [3.05, 3.63) is 35.4 Å². The van der Waals surface area contributed by atoms with Gasteiger partial charge in [-0.1, -0.05) is 24.3 Å². The van der Waals surface area contributed by atoms with Gasteiger partial charge in [-0.25, -0.2) is 0 Å². The first kappa shape index (κ1) is 13.1. The van der Waals surface area contributed by atoms with Gasteiger partial charge < -0.3 is 10.4 Å². The van der Waals surface area contributed by atoms with E-state index in [-0.39, 0.29) is 6.42 Å². The number of nitrogens with one attached hydrogen (secondary N) is 1. The quantitative estimate of drug-likeness (QED) is 0.840. The highest BCUT2D eigenvalue weighted by molar-refractivity contribution is 5.66. The summed E-state index contributed by atoms with van der Waals surface area (Å²) in [6, 6.07) is 8.68. The Morgan fingerprint density at radius 2 is 2.11 bits per heavy atom. The first-order chi connectivity index (χ1) is 8.75. The van der Waals surface area contributed by atoms with Crippen LogP contribution < -0.4 is 5.32 Å². The zero-order valence-corrected chi connectivity index (χ0v) is 10.7. The predicted molar refractivity (Wildman–Crippen MR) is 71.9 cm³/mol. The van der Waals surface area contributed by atoms with Crippen molar-refractivity contribution < 1.29 is 9.90 Å². The van der Waals surface area contributed by atoms with Crippen LogP contribution in [-0.4, -0.2) is 24.2 Å². The fourth-order valence-electron chi connectivity index (χ4n) is 2.60. The van der Waals surface area contributed by atoms with Crippen LogP contribution in [0.5, 0.6) is 0 Å². The molecule has 0 atom stereocenters. The second-order valence-corrected chi connectivity index (χ2v) is 5.02. The van der Waals surface area contributed by atoms with Gasteiger partial charge in [0.1, 0.15) is 0 Å². The zero-order valence-electron chi connectivity index (χ0n) is 10.7. The Morgan fingerprint density at radius 3 is 2.83 bits per heavy atom. The molecule has 1 aromatic rings. The van der Waals surface area contributed by atoms with E-state index in [9.17, 15) is 4.79 Å². The Morgan fingerprint density at radius 1 is 1.33 bits per heavy atom. The van der Waals surface area contributed by atoms with E-state index in [1.165, 1.54) is 24.0 Å². The van der Waals surface area contributed by atoms with E-state index in [2.05, 4.69) is 29.6 Å². The second kappa shape index (κ2) is 6.55. The predicted octanol–water partition coefficient (Wildman–Crippen LogP) is 2.56. The van der Waals surface area contributed by atoms with Crippen LogP contribution >= 0.6 is 0 Å². The SMILES string of the molecule is O=C(O)CCCc1cccc(C2CCNCC2)c1. The molecule has 1 fully saturated rings. The van der Waals surface area contributed by atoms with Crippen LogP contribution in [0, 0.1) is 0 Å². The van der Waals surface area contributed by atoms with Crippen molar-refractivity contribution >= 4 is 5.97 Å². The van der Waals surface area contributed by atoms with Crippen molar-refractivity contribution in [2.75, 3.05) is 13.1 Å². The van der Waals surface area contributed by atoms with E-state index in [0.717, 1.165) is 25.9 Å². The maximum atomic E-state index is 10.5. The molecule has 0 amide bonds. The summed E-state index contributed by atoms with van der Waals surface area (Å²) in [6.07, 6.45) is 4.27. The molecule has 1 saturated heterocycles. The van der Waals surface area contributed by atoms with E-state index in [0.29, 0.717) is 5.92 Å². The number of carbonyl (C=O) groups is 1. The largest absolute Gasteiger partial charge is 0.481 e. The highest BCUT2D eigenvalue weighted by Crippen LogP contribution is 2.26. The van der Waals surface area contributed by atoms with Crippen LogP contribution in [0.3, 0.4) is 0 Å². The third-order valence-corrected chi connectivity index (χ3v) is 3.62. The lowest BCUT2D eigenvalue weighted by Gasteiger charge is -2.23. The Kier molecular flexibility index (Phi) is 4.76. The number of rotatable bonds is 5. The lowest BCUT2D eigenvalue weighted by molar-refractivity contribution is -0.137. The molecule has 1 aromatic carbocycles. The van der Waals surface area contributed by atoms with E-state index in [1.807, 2.05) is 0 Å². The lowest BCUT2D eigenvalue weighted by atomic mass is 9.89. The monoisotopic (exact) mass is 247 g/mol. The Hall–Kier alpha value is -1.35. The third kappa shape index (κ3) is 3.84. The molecule has 2 N–H and O–H groups in total. The molecule has 0 bridgehead atoms. The first-order valence-electron chi connectivity index (χ1n) is 6.77. The van der Waals surface area contributed by atoms with Crippen molar-refractivity contribution in [2.45, 2.75) is 38.0 Å². The minimum Gasteiger partial charge on any atom is -0.481 e. The summed E-state index contributed by atoms with van der Waals surface area (Å²) in [5.41, 5.74) is 2.69. The van der Waals surface area contributed by atoms with Crippen molar-refractivity contribution in [1.82, 2.24) is 5.32 Å². The summed E-state index contributed by atoms with van der Waals surface area (Å²) in [5.74, 6) is -0.0322. The van der Waals surface area contributed by atoms with Crippen molar-refractivity contribution in [3.63, 3.8) is 0 Å². The number of carboxylic acid groups (broad SMARTS) is 1. The minimum atomic E-state index is -0.704. The molecule has 18 heavy (non-hydrogen) atoms. The molecule has 2 rings (SSSR count). The second-order valence-electron chi connectivity index (χ2n) is 5.02. The highest BCUT2D eigenvalue weighted by Gasteiger charge is 2.15. The summed E-state index contributed by atoms with van der Waals surface area (Å²) in [5, 5.41) is 12.0. The van der Waals surface area contributed by atoms with Gasteiger partial charge in [-0.15, -0.1) is 0 Å². The summed E-state index contributed by atoms with van der Waals surface area (Å²) >= 11 is 0. The smallest absolute Gasteiger partial charge is 0.303 e. The topological polar surface area (TPSA) is 49.3 Å². The first-order valence-corrected chi connectivity index (χ1v) is 6.77. The van der Waals surface area contributed by atoms with Crippen LogP contribution in [0.2, 0.25) is 0 Å². The molecule has 98 valence electrons. The van der Waals surface area contributed by atoms with E-state index in [1.54, 1.807) is 0 Å². The van der Waals surface area contributed by atoms with Gasteiger partial charge in [0.2, 0.25) is 0 Å². The lowest BCUT2D eigenvalue weighted by Crippen LogP contribution is -2.26. The maximum Gasteiger partial charge on any atom is 0.303 e. The highest BCUT2D eigenvalue weighted by atomic mass is 16.4. The maximum absolute atomic E-state index is 10.5. The Labute approximate surface area is 108 Å². The number of aryl methyl sites for hydroxylation is 1. The molecular weight excluding hydrogens is 226 g/mol. The normalized spacial score (nSPS) is 16.7. The molecule has 0 spiro atoms. The van der Waals surface area contributed by atoms with Crippen LogP contribution in [0.1, 0.15) is 42.7 Å². The zero-order chi connectivity index (χ0) is 12.8. The minimum absolute atomic E-state index is 0.261. The van der Waals surface area contributed by atoms with Gasteiger partial charge in [0.05, 0.1) is 0 Å². The number of aliphatic carboxylic acids is 1. The van der Waals surface area contributed by atoms with Gasteiger partial charge in [-0.2, -0.15) is 0 Å². The van der Waals surface area contributed by atoms with Gasteiger partial charge in [0.25, 0.3) is 0 Å². The Bertz CT molecular complexity index is 397. The molecule has 0 aliphatic carbocycles. The van der Waals surface area contributed by atoms with Crippen LogP contribution in [0.4, 0.5) is 0 Å². The standard InChI is InChI=1S/C15H21NO2/c17-15(18)6-2-4-12-3-1-5-14(11-12)13-7-9-16-10-8-13/h1,3,5,11,13,16H,2,4,6-10H2,(H,17,18). The molecule has 0 unspecified atom stereocenters. The van der Waals surface area contributed by atoms with E-state index in [4.69, 9.17) is 5.11 Å². The number of piperidine rings is 1. The molecule has 3 nitrogen and oxygen atoms in total. The fraction of sp³-hybridized carbons (Fsp3) is 0.533.